The molecule has 0 saturated carbocycles. The van der Waals surface area contributed by atoms with Crippen LogP contribution in [0.4, 0.5) is 0 Å². The summed E-state index contributed by atoms with van der Waals surface area (Å²) in [4.78, 5) is 24.0. The number of thioether (sulfide) groups is 1. The van der Waals surface area contributed by atoms with Gasteiger partial charge in [-0.3, -0.25) is 14.5 Å². The summed E-state index contributed by atoms with van der Waals surface area (Å²) in [5.41, 5.74) is 0. The van der Waals surface area contributed by atoms with Crippen LogP contribution < -0.4 is 0 Å². The van der Waals surface area contributed by atoms with Gasteiger partial charge in [-0.1, -0.05) is 6.92 Å². The predicted molar refractivity (Wildman–Crippen MR) is 48.9 cm³/mol. The van der Waals surface area contributed by atoms with Crippen molar-refractivity contribution in [2.75, 3.05) is 11.5 Å². The SMILES string of the molecule is CCC(C)N1C(=O)CSCC1=O. The van der Waals surface area contributed by atoms with Crippen molar-refractivity contribution in [3.63, 3.8) is 0 Å². The van der Waals surface area contributed by atoms with E-state index in [9.17, 15) is 9.59 Å². The number of carbonyl (C=O) groups excluding carboxylic acids is 2. The molecular formula is C8H13NO2S. The Morgan fingerprint density at radius 3 is 2.33 bits per heavy atom. The van der Waals surface area contributed by atoms with E-state index in [0.29, 0.717) is 11.5 Å². The maximum absolute atomic E-state index is 11.3. The highest BCUT2D eigenvalue weighted by atomic mass is 32.2. The fourth-order valence-corrected chi connectivity index (χ4v) is 1.91. The van der Waals surface area contributed by atoms with Crippen molar-refractivity contribution in [1.82, 2.24) is 4.90 Å². The van der Waals surface area contributed by atoms with Gasteiger partial charge in [-0.25, -0.2) is 0 Å². The molecule has 1 rings (SSSR count). The van der Waals surface area contributed by atoms with Gasteiger partial charge >= 0.3 is 0 Å². The van der Waals surface area contributed by atoms with Crippen molar-refractivity contribution in [2.45, 2.75) is 26.3 Å². The molecule has 4 heteroatoms. The lowest BCUT2D eigenvalue weighted by atomic mass is 10.2. The molecule has 1 fully saturated rings. The van der Waals surface area contributed by atoms with Gasteiger partial charge < -0.3 is 0 Å². The third-order valence-electron chi connectivity index (χ3n) is 2.02. The minimum absolute atomic E-state index is 0.0365. The van der Waals surface area contributed by atoms with Gasteiger partial charge in [0.05, 0.1) is 11.5 Å². The Hall–Kier alpha value is -0.510. The van der Waals surface area contributed by atoms with E-state index in [-0.39, 0.29) is 17.9 Å². The average Bonchev–Trinajstić information content (AvgIpc) is 2.03. The number of carbonyl (C=O) groups is 2. The van der Waals surface area contributed by atoms with Crippen LogP contribution in [0.25, 0.3) is 0 Å². The molecule has 0 aromatic carbocycles. The lowest BCUT2D eigenvalue weighted by molar-refractivity contribution is -0.144. The summed E-state index contributed by atoms with van der Waals surface area (Å²) >= 11 is 1.40. The zero-order valence-corrected chi connectivity index (χ0v) is 8.19. The van der Waals surface area contributed by atoms with Crippen LogP contribution in [0.2, 0.25) is 0 Å². The van der Waals surface area contributed by atoms with Crippen LogP contribution in [0.5, 0.6) is 0 Å². The Kier molecular flexibility index (Phi) is 3.14. The van der Waals surface area contributed by atoms with Crippen LogP contribution in [-0.2, 0) is 9.59 Å². The Labute approximate surface area is 76.5 Å². The molecular weight excluding hydrogens is 174 g/mol. The van der Waals surface area contributed by atoms with E-state index in [1.807, 2.05) is 13.8 Å². The van der Waals surface area contributed by atoms with Gasteiger partial charge in [0.2, 0.25) is 11.8 Å². The molecule has 3 nitrogen and oxygen atoms in total. The molecule has 0 aromatic heterocycles. The number of hydrogen-bond acceptors (Lipinski definition) is 3. The topological polar surface area (TPSA) is 37.4 Å². The molecule has 2 amide bonds. The molecule has 0 aliphatic carbocycles. The number of hydrogen-bond donors (Lipinski definition) is 0. The zero-order valence-electron chi connectivity index (χ0n) is 7.37. The van der Waals surface area contributed by atoms with Gasteiger partial charge in [-0.2, -0.15) is 0 Å². The second-order valence-electron chi connectivity index (χ2n) is 2.91. The molecule has 0 aromatic rings. The van der Waals surface area contributed by atoms with Crippen LogP contribution in [0.3, 0.4) is 0 Å². The molecule has 0 spiro atoms. The van der Waals surface area contributed by atoms with Gasteiger partial charge in [-0.05, 0) is 13.3 Å². The van der Waals surface area contributed by atoms with Gasteiger partial charge in [0, 0.05) is 6.04 Å². The lowest BCUT2D eigenvalue weighted by Crippen LogP contribution is -2.47. The molecule has 0 N–H and O–H groups in total. The van der Waals surface area contributed by atoms with Crippen molar-refractivity contribution in [1.29, 1.82) is 0 Å². The van der Waals surface area contributed by atoms with Crippen LogP contribution in [-0.4, -0.2) is 34.3 Å². The third-order valence-corrected chi connectivity index (χ3v) is 2.92. The molecule has 0 radical (unpaired) electrons. The minimum atomic E-state index is -0.0365. The van der Waals surface area contributed by atoms with E-state index in [4.69, 9.17) is 0 Å². The zero-order chi connectivity index (χ0) is 9.14. The summed E-state index contributed by atoms with van der Waals surface area (Å²) in [6, 6.07) is 0.0610. The molecule has 0 bridgehead atoms. The minimum Gasteiger partial charge on any atom is -0.278 e. The fourth-order valence-electron chi connectivity index (χ4n) is 1.18. The van der Waals surface area contributed by atoms with Crippen molar-refractivity contribution in [3.05, 3.63) is 0 Å². The average molecular weight is 187 g/mol. The Morgan fingerprint density at radius 1 is 1.42 bits per heavy atom. The Bertz CT molecular complexity index is 189. The molecule has 1 heterocycles. The van der Waals surface area contributed by atoms with E-state index in [1.54, 1.807) is 0 Å². The Balaban J connectivity index is 2.69. The number of amides is 2. The first-order valence-corrected chi connectivity index (χ1v) is 5.25. The number of nitrogens with zero attached hydrogens (tertiary/aromatic N) is 1. The van der Waals surface area contributed by atoms with Crippen LogP contribution in [0, 0.1) is 0 Å². The van der Waals surface area contributed by atoms with Crippen molar-refractivity contribution < 1.29 is 9.59 Å². The highest BCUT2D eigenvalue weighted by molar-refractivity contribution is 8.00. The number of imide groups is 1. The summed E-state index contributed by atoms with van der Waals surface area (Å²) in [5.74, 6) is 0.836. The van der Waals surface area contributed by atoms with Gasteiger partial charge in [0.25, 0.3) is 0 Å². The van der Waals surface area contributed by atoms with Crippen molar-refractivity contribution >= 4 is 23.6 Å². The van der Waals surface area contributed by atoms with Crippen LogP contribution >= 0.6 is 11.8 Å². The molecule has 12 heavy (non-hydrogen) atoms. The predicted octanol–water partition coefficient (Wildman–Crippen LogP) is 0.887. The van der Waals surface area contributed by atoms with E-state index < -0.39 is 0 Å². The normalized spacial score (nSPS) is 21.3. The molecule has 1 aliphatic heterocycles. The Morgan fingerprint density at radius 2 is 1.92 bits per heavy atom. The number of rotatable bonds is 2. The second-order valence-corrected chi connectivity index (χ2v) is 3.89. The van der Waals surface area contributed by atoms with Crippen LogP contribution in [0.1, 0.15) is 20.3 Å². The van der Waals surface area contributed by atoms with E-state index in [2.05, 4.69) is 0 Å². The van der Waals surface area contributed by atoms with Crippen molar-refractivity contribution in [2.24, 2.45) is 0 Å². The second kappa shape index (κ2) is 3.94. The summed E-state index contributed by atoms with van der Waals surface area (Å²) in [6.45, 7) is 3.89. The lowest BCUT2D eigenvalue weighted by Gasteiger charge is -2.29. The molecule has 1 unspecified atom stereocenters. The maximum Gasteiger partial charge on any atom is 0.239 e. The molecule has 1 aliphatic rings. The maximum atomic E-state index is 11.3. The third kappa shape index (κ3) is 1.80. The first kappa shape index (κ1) is 9.58. The molecule has 68 valence electrons. The largest absolute Gasteiger partial charge is 0.278 e. The summed E-state index contributed by atoms with van der Waals surface area (Å²) in [5, 5.41) is 0. The van der Waals surface area contributed by atoms with Crippen LogP contribution in [0.15, 0.2) is 0 Å². The van der Waals surface area contributed by atoms with E-state index >= 15 is 0 Å². The van der Waals surface area contributed by atoms with E-state index in [1.165, 1.54) is 16.7 Å². The molecule has 1 saturated heterocycles. The summed E-state index contributed by atoms with van der Waals surface area (Å²) in [7, 11) is 0. The van der Waals surface area contributed by atoms with Gasteiger partial charge in [-0.15, -0.1) is 11.8 Å². The smallest absolute Gasteiger partial charge is 0.239 e. The highest BCUT2D eigenvalue weighted by Gasteiger charge is 2.29. The fraction of sp³-hybridized carbons (Fsp3) is 0.750. The first-order valence-electron chi connectivity index (χ1n) is 4.09. The summed E-state index contributed by atoms with van der Waals surface area (Å²) < 4.78 is 0. The first-order chi connectivity index (χ1) is 5.66. The highest BCUT2D eigenvalue weighted by Crippen LogP contribution is 2.16. The van der Waals surface area contributed by atoms with Gasteiger partial charge in [0.1, 0.15) is 0 Å². The quantitative estimate of drug-likeness (QED) is 0.602. The standard InChI is InChI=1S/C8H13NO2S/c1-3-6(2)9-7(10)4-12-5-8(9)11/h6H,3-5H2,1-2H3. The monoisotopic (exact) mass is 187 g/mol. The van der Waals surface area contributed by atoms with E-state index in [0.717, 1.165) is 6.42 Å². The molecule has 1 atom stereocenters. The van der Waals surface area contributed by atoms with Crippen molar-refractivity contribution in [3.8, 4) is 0 Å². The summed E-state index contributed by atoms with van der Waals surface area (Å²) in [6.07, 6.45) is 0.835. The van der Waals surface area contributed by atoms with Gasteiger partial charge in [0.15, 0.2) is 0 Å².